The third kappa shape index (κ3) is 6.47. The second-order valence-electron chi connectivity index (χ2n) is 8.28. The molecule has 0 saturated carbocycles. The molecule has 0 radical (unpaired) electrons. The van der Waals surface area contributed by atoms with Crippen molar-refractivity contribution in [1.82, 2.24) is 10.2 Å². The average Bonchev–Trinajstić information content (AvgIpc) is 2.77. The van der Waals surface area contributed by atoms with Gasteiger partial charge in [0.2, 0.25) is 15.9 Å². The van der Waals surface area contributed by atoms with E-state index >= 15 is 0 Å². The van der Waals surface area contributed by atoms with Crippen LogP contribution >= 0.6 is 11.6 Å². The van der Waals surface area contributed by atoms with Crippen LogP contribution in [0.4, 0.5) is 5.69 Å². The summed E-state index contributed by atoms with van der Waals surface area (Å²) in [5, 5.41) is 3.48. The molecule has 1 saturated heterocycles. The number of amides is 1. The van der Waals surface area contributed by atoms with Crippen LogP contribution in [0, 0.1) is 0 Å². The summed E-state index contributed by atoms with van der Waals surface area (Å²) < 4.78 is 26.3. The summed E-state index contributed by atoms with van der Waals surface area (Å²) in [6.07, 6.45) is 5.20. The summed E-state index contributed by atoms with van der Waals surface area (Å²) >= 11 is 5.96. The van der Waals surface area contributed by atoms with Gasteiger partial charge < -0.3 is 5.32 Å². The van der Waals surface area contributed by atoms with Crippen molar-refractivity contribution in [1.29, 1.82) is 0 Å². The molecule has 1 atom stereocenters. The summed E-state index contributed by atoms with van der Waals surface area (Å²) in [4.78, 5) is 15.6. The fraction of sp³-hybridized carbons (Fsp3) is 0.458. The number of hydrogen-bond acceptors (Lipinski definition) is 4. The number of halogens is 1. The molecule has 0 aliphatic carbocycles. The number of rotatable bonds is 9. The molecule has 0 spiro atoms. The third-order valence-corrected chi connectivity index (χ3v) is 7.26. The number of carbonyl (C=O) groups is 1. The predicted octanol–water partition coefficient (Wildman–Crippen LogP) is 4.19. The molecule has 6 nitrogen and oxygen atoms in total. The van der Waals surface area contributed by atoms with E-state index < -0.39 is 16.1 Å². The molecule has 1 amide bonds. The highest BCUT2D eigenvalue weighted by Gasteiger charge is 2.31. The van der Waals surface area contributed by atoms with Gasteiger partial charge in [-0.25, -0.2) is 8.42 Å². The van der Waals surface area contributed by atoms with Crippen LogP contribution < -0.4 is 9.62 Å². The summed E-state index contributed by atoms with van der Waals surface area (Å²) in [6, 6.07) is 13.7. The van der Waals surface area contributed by atoms with Crippen molar-refractivity contribution in [2.45, 2.75) is 51.7 Å². The summed E-state index contributed by atoms with van der Waals surface area (Å²) in [7, 11) is -3.67. The second-order valence-corrected chi connectivity index (χ2v) is 10.6. The Morgan fingerprint density at radius 1 is 1.06 bits per heavy atom. The number of hydrogen-bond donors (Lipinski definition) is 1. The number of sulfonamides is 1. The van der Waals surface area contributed by atoms with Crippen LogP contribution in [0.1, 0.15) is 43.7 Å². The molecule has 1 heterocycles. The minimum Gasteiger partial charge on any atom is -0.350 e. The Kier molecular flexibility index (Phi) is 8.57. The lowest BCUT2D eigenvalue weighted by Gasteiger charge is -2.30. The zero-order chi connectivity index (χ0) is 23.1. The molecule has 3 rings (SSSR count). The van der Waals surface area contributed by atoms with Gasteiger partial charge in [-0.15, -0.1) is 0 Å². The molecule has 174 valence electrons. The van der Waals surface area contributed by atoms with Gasteiger partial charge in [0.15, 0.2) is 0 Å². The smallest absolute Gasteiger partial charge is 0.244 e. The predicted molar refractivity (Wildman–Crippen MR) is 130 cm³/mol. The fourth-order valence-electron chi connectivity index (χ4n) is 4.19. The number of nitrogens with one attached hydrogen (secondary N) is 1. The maximum Gasteiger partial charge on any atom is 0.244 e. The minimum absolute atomic E-state index is 0.319. The molecule has 2 aromatic rings. The Hall–Kier alpha value is -2.09. The Morgan fingerprint density at radius 3 is 2.28 bits per heavy atom. The quantitative estimate of drug-likeness (QED) is 0.588. The number of carbonyl (C=O) groups excluding carboxylic acids is 1. The zero-order valence-corrected chi connectivity index (χ0v) is 20.3. The second kappa shape index (κ2) is 11.2. The Balaban J connectivity index is 1.74. The van der Waals surface area contributed by atoms with Crippen molar-refractivity contribution in [3.8, 4) is 0 Å². The van der Waals surface area contributed by atoms with E-state index in [1.807, 2.05) is 25.1 Å². The number of nitrogens with zero attached hydrogens (tertiary/aromatic N) is 2. The molecule has 0 bridgehead atoms. The van der Waals surface area contributed by atoms with Crippen molar-refractivity contribution in [3.63, 3.8) is 0 Å². The maximum atomic E-state index is 13.1. The normalized spacial score (nSPS) is 15.8. The summed E-state index contributed by atoms with van der Waals surface area (Å²) in [5.41, 5.74) is 2.67. The van der Waals surface area contributed by atoms with Gasteiger partial charge in [0.1, 0.15) is 6.04 Å². The topological polar surface area (TPSA) is 69.7 Å². The molecule has 32 heavy (non-hydrogen) atoms. The first-order chi connectivity index (χ1) is 15.3. The number of benzene rings is 2. The Morgan fingerprint density at radius 2 is 1.69 bits per heavy atom. The van der Waals surface area contributed by atoms with Gasteiger partial charge in [0, 0.05) is 18.1 Å². The van der Waals surface area contributed by atoms with Gasteiger partial charge in [-0.2, -0.15) is 0 Å². The number of likely N-dealkylation sites (tertiary alicyclic amines) is 1. The first-order valence-electron chi connectivity index (χ1n) is 11.1. The molecule has 1 N–H and O–H groups in total. The molecular formula is C24H32ClN3O3S. The van der Waals surface area contributed by atoms with Crippen LogP contribution in [0.25, 0.3) is 0 Å². The highest BCUT2D eigenvalue weighted by atomic mass is 35.5. The van der Waals surface area contributed by atoms with Crippen LogP contribution in [0.3, 0.4) is 0 Å². The molecule has 1 unspecified atom stereocenters. The summed E-state index contributed by atoms with van der Waals surface area (Å²) in [6.45, 7) is 5.23. The van der Waals surface area contributed by atoms with E-state index in [9.17, 15) is 13.2 Å². The van der Waals surface area contributed by atoms with Gasteiger partial charge in [-0.05, 0) is 67.7 Å². The molecule has 1 aliphatic heterocycles. The van der Waals surface area contributed by atoms with Crippen LogP contribution in [0.5, 0.6) is 0 Å². The molecule has 2 aromatic carbocycles. The highest BCUT2D eigenvalue weighted by Crippen LogP contribution is 2.24. The van der Waals surface area contributed by atoms with Gasteiger partial charge in [0.25, 0.3) is 0 Å². The van der Waals surface area contributed by atoms with E-state index in [0.29, 0.717) is 23.7 Å². The molecule has 1 fully saturated rings. The van der Waals surface area contributed by atoms with Crippen LogP contribution in [-0.4, -0.2) is 44.6 Å². The van der Waals surface area contributed by atoms with Gasteiger partial charge in [-0.1, -0.05) is 49.2 Å². The van der Waals surface area contributed by atoms with Crippen LogP contribution in [-0.2, 0) is 27.9 Å². The van der Waals surface area contributed by atoms with Gasteiger partial charge >= 0.3 is 0 Å². The Labute approximate surface area is 196 Å². The van der Waals surface area contributed by atoms with Crippen molar-refractivity contribution >= 4 is 33.2 Å². The first-order valence-corrected chi connectivity index (χ1v) is 13.3. The minimum atomic E-state index is -3.67. The van der Waals surface area contributed by atoms with E-state index in [0.717, 1.165) is 31.5 Å². The van der Waals surface area contributed by atoms with Gasteiger partial charge in [-0.3, -0.25) is 14.0 Å². The van der Waals surface area contributed by atoms with Gasteiger partial charge in [0.05, 0.1) is 11.9 Å². The van der Waals surface area contributed by atoms with Crippen LogP contribution in [0.15, 0.2) is 48.5 Å². The van der Waals surface area contributed by atoms with Crippen molar-refractivity contribution in [2.24, 2.45) is 0 Å². The SMILES string of the molecule is CCC(C(=O)NCc1ccccc1CN1CCCCC1)N(c1ccc(Cl)cc1)S(C)(=O)=O. The molecular weight excluding hydrogens is 446 g/mol. The molecule has 0 aromatic heterocycles. The number of anilines is 1. The van der Waals surface area contributed by atoms with E-state index in [4.69, 9.17) is 11.6 Å². The maximum absolute atomic E-state index is 13.1. The lowest BCUT2D eigenvalue weighted by molar-refractivity contribution is -0.122. The number of piperidine rings is 1. The average molecular weight is 478 g/mol. The molecule has 8 heteroatoms. The third-order valence-electron chi connectivity index (χ3n) is 5.82. The first kappa shape index (κ1) is 24.6. The molecule has 1 aliphatic rings. The van der Waals surface area contributed by atoms with E-state index in [2.05, 4.69) is 16.3 Å². The largest absolute Gasteiger partial charge is 0.350 e. The Bertz CT molecular complexity index is 1010. The monoisotopic (exact) mass is 477 g/mol. The lowest BCUT2D eigenvalue weighted by Crippen LogP contribution is -2.49. The van der Waals surface area contributed by atoms with Crippen molar-refractivity contribution in [2.75, 3.05) is 23.7 Å². The van der Waals surface area contributed by atoms with Crippen LogP contribution in [0.2, 0.25) is 5.02 Å². The fourth-order valence-corrected chi connectivity index (χ4v) is 5.53. The van der Waals surface area contributed by atoms with Crippen molar-refractivity contribution in [3.05, 3.63) is 64.7 Å². The highest BCUT2D eigenvalue weighted by molar-refractivity contribution is 7.92. The standard InChI is InChI=1S/C24H32ClN3O3S/c1-3-23(28(32(2,30)31)22-13-11-21(25)12-14-22)24(29)26-17-19-9-5-6-10-20(19)18-27-15-7-4-8-16-27/h5-6,9-14,23H,3-4,7-8,15-18H2,1-2H3,(H,26,29). The van der Waals surface area contributed by atoms with E-state index in [-0.39, 0.29) is 5.91 Å². The summed E-state index contributed by atoms with van der Waals surface area (Å²) in [5.74, 6) is -0.319. The lowest BCUT2D eigenvalue weighted by atomic mass is 10.0. The zero-order valence-electron chi connectivity index (χ0n) is 18.8. The van der Waals surface area contributed by atoms with E-state index in [1.54, 1.807) is 24.3 Å². The van der Waals surface area contributed by atoms with E-state index in [1.165, 1.54) is 29.1 Å². The van der Waals surface area contributed by atoms with Crippen molar-refractivity contribution < 1.29 is 13.2 Å².